The van der Waals surface area contributed by atoms with E-state index in [1.54, 1.807) is 0 Å². The summed E-state index contributed by atoms with van der Waals surface area (Å²) in [6.45, 7) is 3.16. The number of hydrogen-bond acceptors (Lipinski definition) is 1. The van der Waals surface area contributed by atoms with Crippen LogP contribution in [0, 0.1) is 0 Å². The first-order valence-electron chi connectivity index (χ1n) is 6.84. The molecular formula is C17H21N. The first-order valence-corrected chi connectivity index (χ1v) is 6.84. The zero-order valence-corrected chi connectivity index (χ0v) is 11.1. The summed E-state index contributed by atoms with van der Waals surface area (Å²) in [6, 6.07) is 8.66. The highest BCUT2D eigenvalue weighted by molar-refractivity contribution is 5.75. The number of unbranched alkanes of at least 4 members (excludes halogenated alkanes) is 1. The Bertz CT molecular complexity index is 466. The highest BCUT2D eigenvalue weighted by Crippen LogP contribution is 2.26. The molecule has 0 aliphatic heterocycles. The smallest absolute Gasteiger partial charge is 0.0385 e. The molecular weight excluding hydrogens is 218 g/mol. The monoisotopic (exact) mass is 239 g/mol. The summed E-state index contributed by atoms with van der Waals surface area (Å²) in [5, 5.41) is 0. The number of rotatable bonds is 6. The van der Waals surface area contributed by atoms with Crippen LogP contribution in [0.15, 0.2) is 47.5 Å². The zero-order valence-electron chi connectivity index (χ0n) is 11.1. The van der Waals surface area contributed by atoms with Gasteiger partial charge in [-0.2, -0.15) is 0 Å². The highest BCUT2D eigenvalue weighted by Gasteiger charge is 2.06. The van der Waals surface area contributed by atoms with Crippen LogP contribution in [0.1, 0.15) is 37.3 Å². The van der Waals surface area contributed by atoms with Gasteiger partial charge >= 0.3 is 0 Å². The molecule has 18 heavy (non-hydrogen) atoms. The minimum atomic E-state index is 0.942. The first kappa shape index (κ1) is 12.8. The fourth-order valence-corrected chi connectivity index (χ4v) is 2.16. The maximum absolute atomic E-state index is 4.46. The Hall–Kier alpha value is -1.63. The van der Waals surface area contributed by atoms with E-state index in [9.17, 15) is 0 Å². The van der Waals surface area contributed by atoms with Gasteiger partial charge in [-0.05, 0) is 29.5 Å². The maximum Gasteiger partial charge on any atom is 0.0385 e. The van der Waals surface area contributed by atoms with Gasteiger partial charge in [0.25, 0.3) is 0 Å². The van der Waals surface area contributed by atoms with Crippen molar-refractivity contribution in [3.63, 3.8) is 0 Å². The van der Waals surface area contributed by atoms with Gasteiger partial charge in [-0.3, -0.25) is 4.99 Å². The number of benzene rings is 1. The molecule has 0 bridgehead atoms. The molecule has 0 saturated carbocycles. The predicted octanol–water partition coefficient (Wildman–Crippen LogP) is 4.44. The van der Waals surface area contributed by atoms with Crippen molar-refractivity contribution in [3.8, 4) is 0 Å². The van der Waals surface area contributed by atoms with E-state index in [-0.39, 0.29) is 0 Å². The number of allylic oxidation sites excluding steroid dienone is 4. The molecule has 2 rings (SSSR count). The normalized spacial score (nSPS) is 14.4. The van der Waals surface area contributed by atoms with Crippen LogP contribution in [-0.4, -0.2) is 12.8 Å². The Kier molecular flexibility index (Phi) is 4.95. The molecule has 0 aromatic heterocycles. The number of hydrogen-bond donors (Lipinski definition) is 0. The molecule has 1 aromatic carbocycles. The lowest BCUT2D eigenvalue weighted by atomic mass is 9.97. The summed E-state index contributed by atoms with van der Waals surface area (Å²) in [4.78, 5) is 4.46. The quantitative estimate of drug-likeness (QED) is 0.514. The van der Waals surface area contributed by atoms with Crippen LogP contribution in [0.3, 0.4) is 0 Å². The Morgan fingerprint density at radius 3 is 2.94 bits per heavy atom. The van der Waals surface area contributed by atoms with Gasteiger partial charge in [0, 0.05) is 19.2 Å². The molecule has 1 nitrogen and oxygen atoms in total. The molecule has 94 valence electrons. The van der Waals surface area contributed by atoms with Crippen molar-refractivity contribution in [2.45, 2.75) is 32.6 Å². The van der Waals surface area contributed by atoms with Crippen molar-refractivity contribution in [2.75, 3.05) is 6.54 Å². The molecule has 0 N–H and O–H groups in total. The Morgan fingerprint density at radius 1 is 1.28 bits per heavy atom. The van der Waals surface area contributed by atoms with Crippen molar-refractivity contribution in [1.82, 2.24) is 0 Å². The van der Waals surface area contributed by atoms with E-state index in [1.807, 2.05) is 0 Å². The Balaban J connectivity index is 2.01. The lowest BCUT2D eigenvalue weighted by Crippen LogP contribution is -1.94. The lowest BCUT2D eigenvalue weighted by Gasteiger charge is -2.08. The van der Waals surface area contributed by atoms with E-state index >= 15 is 0 Å². The molecule has 0 unspecified atom stereocenters. The fourth-order valence-electron chi connectivity index (χ4n) is 2.16. The van der Waals surface area contributed by atoms with Crippen LogP contribution in [0.4, 0.5) is 0 Å². The average Bonchev–Trinajstić information content (AvgIpc) is 2.93. The third kappa shape index (κ3) is 3.43. The van der Waals surface area contributed by atoms with E-state index in [0.717, 1.165) is 19.4 Å². The highest BCUT2D eigenvalue weighted by atomic mass is 14.7. The average molecular weight is 239 g/mol. The van der Waals surface area contributed by atoms with Crippen molar-refractivity contribution in [1.29, 1.82) is 0 Å². The molecule has 0 amide bonds. The molecule has 0 fully saturated rings. The van der Waals surface area contributed by atoms with Crippen molar-refractivity contribution >= 4 is 11.8 Å². The summed E-state index contributed by atoms with van der Waals surface area (Å²) in [5.41, 5.74) is 4.18. The van der Waals surface area contributed by atoms with Crippen molar-refractivity contribution in [3.05, 3.63) is 53.6 Å². The van der Waals surface area contributed by atoms with Gasteiger partial charge in [0.05, 0.1) is 0 Å². The molecule has 1 aliphatic carbocycles. The van der Waals surface area contributed by atoms with E-state index < -0.39 is 0 Å². The van der Waals surface area contributed by atoms with Crippen LogP contribution in [-0.2, 0) is 6.42 Å². The third-order valence-electron chi connectivity index (χ3n) is 3.22. The topological polar surface area (TPSA) is 12.4 Å². The molecule has 0 saturated heterocycles. The molecule has 1 aliphatic rings. The third-order valence-corrected chi connectivity index (χ3v) is 3.22. The molecule has 1 heteroatoms. The fraction of sp³-hybridized carbons (Fsp3) is 0.353. The Morgan fingerprint density at radius 2 is 2.17 bits per heavy atom. The second-order valence-electron chi connectivity index (χ2n) is 4.63. The van der Waals surface area contributed by atoms with Gasteiger partial charge in [0.2, 0.25) is 0 Å². The standard InChI is InChI=1S/C17H21N/c1-2-3-13-18-14-12-16-10-6-7-11-17(16)15-8-4-5-9-15/h4-8,10-11,14H,2-3,9,12-13H2,1H3. The number of aliphatic imine (C=N–C) groups is 1. The van der Waals surface area contributed by atoms with Gasteiger partial charge in [0.15, 0.2) is 0 Å². The second kappa shape index (κ2) is 6.95. The van der Waals surface area contributed by atoms with Crippen molar-refractivity contribution < 1.29 is 0 Å². The minimum absolute atomic E-state index is 0.942. The summed E-state index contributed by atoms with van der Waals surface area (Å²) >= 11 is 0. The van der Waals surface area contributed by atoms with Crippen LogP contribution >= 0.6 is 0 Å². The number of nitrogens with zero attached hydrogens (tertiary/aromatic N) is 1. The predicted molar refractivity (Wildman–Crippen MR) is 80.1 cm³/mol. The summed E-state index contributed by atoms with van der Waals surface area (Å²) in [7, 11) is 0. The van der Waals surface area contributed by atoms with Gasteiger partial charge in [-0.25, -0.2) is 0 Å². The van der Waals surface area contributed by atoms with Gasteiger partial charge in [-0.1, -0.05) is 55.8 Å². The summed E-state index contributed by atoms with van der Waals surface area (Å²) in [5.74, 6) is 0. The van der Waals surface area contributed by atoms with Gasteiger partial charge in [-0.15, -0.1) is 0 Å². The Labute approximate surface area is 110 Å². The molecule has 1 aromatic rings. The lowest BCUT2D eigenvalue weighted by molar-refractivity contribution is 0.809. The van der Waals surface area contributed by atoms with Crippen LogP contribution in [0.25, 0.3) is 5.57 Å². The second-order valence-corrected chi connectivity index (χ2v) is 4.63. The van der Waals surface area contributed by atoms with E-state index in [1.165, 1.54) is 29.5 Å². The van der Waals surface area contributed by atoms with E-state index in [4.69, 9.17) is 0 Å². The summed E-state index contributed by atoms with van der Waals surface area (Å²) in [6.07, 6.45) is 13.0. The zero-order chi connectivity index (χ0) is 12.6. The maximum atomic E-state index is 4.46. The molecule has 0 radical (unpaired) electrons. The SMILES string of the molecule is CCCCN=CCc1ccccc1C1=CC=CC1. The first-order chi connectivity index (χ1) is 8.92. The van der Waals surface area contributed by atoms with E-state index in [2.05, 4.69) is 60.6 Å². The van der Waals surface area contributed by atoms with Crippen molar-refractivity contribution in [2.24, 2.45) is 4.99 Å². The molecule has 0 atom stereocenters. The minimum Gasteiger partial charge on any atom is -0.297 e. The summed E-state index contributed by atoms with van der Waals surface area (Å²) < 4.78 is 0. The van der Waals surface area contributed by atoms with Crippen LogP contribution in [0.5, 0.6) is 0 Å². The van der Waals surface area contributed by atoms with Gasteiger partial charge < -0.3 is 0 Å². The van der Waals surface area contributed by atoms with Gasteiger partial charge in [0.1, 0.15) is 0 Å². The van der Waals surface area contributed by atoms with E-state index in [0.29, 0.717) is 0 Å². The van der Waals surface area contributed by atoms with Crippen LogP contribution < -0.4 is 0 Å². The largest absolute Gasteiger partial charge is 0.297 e. The molecule has 0 spiro atoms. The van der Waals surface area contributed by atoms with Crippen LogP contribution in [0.2, 0.25) is 0 Å². The molecule has 0 heterocycles.